The van der Waals surface area contributed by atoms with Gasteiger partial charge in [0.1, 0.15) is 11.5 Å². The zero-order chi connectivity index (χ0) is 16.9. The fourth-order valence-corrected chi connectivity index (χ4v) is 2.85. The first-order valence-electron chi connectivity index (χ1n) is 8.17. The molecule has 0 radical (unpaired) electrons. The van der Waals surface area contributed by atoms with Crippen molar-refractivity contribution in [1.29, 1.82) is 0 Å². The molecule has 1 aromatic heterocycles. The van der Waals surface area contributed by atoms with E-state index < -0.39 is 5.97 Å². The SMILES string of the molecule is CCOC(=O)c1n[nH]nc1-c1ccc(COC2CCCC2)c(F)c1. The Balaban J connectivity index is 1.75. The van der Waals surface area contributed by atoms with E-state index in [1.807, 2.05) is 0 Å². The topological polar surface area (TPSA) is 77.1 Å². The number of benzene rings is 1. The third-order valence-electron chi connectivity index (χ3n) is 4.12. The summed E-state index contributed by atoms with van der Waals surface area (Å²) in [7, 11) is 0. The van der Waals surface area contributed by atoms with E-state index >= 15 is 0 Å². The molecule has 24 heavy (non-hydrogen) atoms. The second kappa shape index (κ2) is 7.53. The number of carbonyl (C=O) groups excluding carboxylic acids is 1. The maximum atomic E-state index is 14.3. The summed E-state index contributed by atoms with van der Waals surface area (Å²) in [5, 5.41) is 10.1. The zero-order valence-electron chi connectivity index (χ0n) is 13.5. The summed E-state index contributed by atoms with van der Waals surface area (Å²) >= 11 is 0. The maximum Gasteiger partial charge on any atom is 0.361 e. The molecule has 0 unspecified atom stereocenters. The first-order valence-corrected chi connectivity index (χ1v) is 8.17. The third kappa shape index (κ3) is 3.62. The minimum Gasteiger partial charge on any atom is -0.461 e. The highest BCUT2D eigenvalue weighted by Gasteiger charge is 2.20. The van der Waals surface area contributed by atoms with Crippen molar-refractivity contribution >= 4 is 5.97 Å². The molecule has 1 aromatic carbocycles. The fraction of sp³-hybridized carbons (Fsp3) is 0.471. The van der Waals surface area contributed by atoms with Crippen molar-refractivity contribution in [2.24, 2.45) is 0 Å². The van der Waals surface area contributed by atoms with E-state index in [-0.39, 0.29) is 36.5 Å². The highest BCUT2D eigenvalue weighted by molar-refractivity contribution is 5.93. The minimum atomic E-state index is -0.588. The number of H-pyrrole nitrogens is 1. The van der Waals surface area contributed by atoms with Gasteiger partial charge in [0.25, 0.3) is 0 Å². The Kier molecular flexibility index (Phi) is 5.20. The number of hydrogen-bond donors (Lipinski definition) is 1. The van der Waals surface area contributed by atoms with Gasteiger partial charge in [-0.1, -0.05) is 25.0 Å². The molecule has 0 saturated heterocycles. The molecule has 0 amide bonds. The largest absolute Gasteiger partial charge is 0.461 e. The Bertz CT molecular complexity index is 711. The third-order valence-corrected chi connectivity index (χ3v) is 4.12. The smallest absolute Gasteiger partial charge is 0.361 e. The van der Waals surface area contributed by atoms with Crippen molar-refractivity contribution in [2.45, 2.75) is 45.3 Å². The molecule has 1 aliphatic carbocycles. The van der Waals surface area contributed by atoms with Crippen LogP contribution in [0.5, 0.6) is 0 Å². The minimum absolute atomic E-state index is 0.0474. The standard InChI is InChI=1S/C17H20FN3O3/c1-2-23-17(22)16-15(19-21-20-16)11-7-8-12(14(18)9-11)10-24-13-5-3-4-6-13/h7-9,13H,2-6,10H2,1H3,(H,19,20,21). The number of halogens is 1. The number of esters is 1. The van der Waals surface area contributed by atoms with Gasteiger partial charge in [-0.15, -0.1) is 5.10 Å². The van der Waals surface area contributed by atoms with Crippen molar-refractivity contribution in [3.63, 3.8) is 0 Å². The van der Waals surface area contributed by atoms with Crippen molar-refractivity contribution in [3.8, 4) is 11.3 Å². The zero-order valence-corrected chi connectivity index (χ0v) is 13.5. The molecule has 0 aliphatic heterocycles. The number of ether oxygens (including phenoxy) is 2. The van der Waals surface area contributed by atoms with Gasteiger partial charge in [-0.25, -0.2) is 9.18 Å². The molecule has 0 spiro atoms. The average Bonchev–Trinajstić information content (AvgIpc) is 3.25. The molecular weight excluding hydrogens is 313 g/mol. The second-order valence-electron chi connectivity index (χ2n) is 5.76. The molecule has 1 heterocycles. The van der Waals surface area contributed by atoms with Crippen LogP contribution in [0.1, 0.15) is 48.7 Å². The first-order chi connectivity index (χ1) is 11.7. The lowest BCUT2D eigenvalue weighted by Gasteiger charge is -2.12. The Hall–Kier alpha value is -2.28. The van der Waals surface area contributed by atoms with Crippen molar-refractivity contribution in [3.05, 3.63) is 35.3 Å². The molecule has 7 heteroatoms. The number of carbonyl (C=O) groups is 1. The summed E-state index contributed by atoms with van der Waals surface area (Å²) in [6.45, 7) is 2.19. The van der Waals surface area contributed by atoms with Crippen LogP contribution < -0.4 is 0 Å². The summed E-state index contributed by atoms with van der Waals surface area (Å²) in [5.41, 5.74) is 1.28. The molecule has 1 saturated carbocycles. The van der Waals surface area contributed by atoms with Gasteiger partial charge in [-0.05, 0) is 25.8 Å². The maximum absolute atomic E-state index is 14.3. The monoisotopic (exact) mass is 333 g/mol. The van der Waals surface area contributed by atoms with E-state index in [1.165, 1.54) is 18.9 Å². The Morgan fingerprint density at radius 2 is 2.12 bits per heavy atom. The van der Waals surface area contributed by atoms with Crippen LogP contribution in [0.15, 0.2) is 18.2 Å². The molecule has 1 aliphatic rings. The van der Waals surface area contributed by atoms with Gasteiger partial charge in [-0.2, -0.15) is 10.3 Å². The number of aromatic nitrogens is 3. The number of nitrogens with zero attached hydrogens (tertiary/aromatic N) is 2. The highest BCUT2D eigenvalue weighted by Crippen LogP contribution is 2.25. The van der Waals surface area contributed by atoms with Gasteiger partial charge in [0.05, 0.1) is 19.3 Å². The van der Waals surface area contributed by atoms with Gasteiger partial charge in [0, 0.05) is 11.1 Å². The molecule has 128 valence electrons. The summed E-state index contributed by atoms with van der Waals surface area (Å²) in [6, 6.07) is 4.70. The van der Waals surface area contributed by atoms with Crippen LogP contribution >= 0.6 is 0 Å². The van der Waals surface area contributed by atoms with Crippen molar-refractivity contribution in [1.82, 2.24) is 15.4 Å². The van der Waals surface area contributed by atoms with Crippen LogP contribution in [-0.4, -0.2) is 34.1 Å². The molecular formula is C17H20FN3O3. The van der Waals surface area contributed by atoms with Crippen LogP contribution in [0.4, 0.5) is 4.39 Å². The van der Waals surface area contributed by atoms with Crippen LogP contribution in [0.25, 0.3) is 11.3 Å². The Morgan fingerprint density at radius 1 is 1.33 bits per heavy atom. The van der Waals surface area contributed by atoms with Crippen LogP contribution in [0.2, 0.25) is 0 Å². The highest BCUT2D eigenvalue weighted by atomic mass is 19.1. The fourth-order valence-electron chi connectivity index (χ4n) is 2.85. The normalized spacial score (nSPS) is 14.9. The summed E-state index contributed by atoms with van der Waals surface area (Å²) < 4.78 is 25.0. The lowest BCUT2D eigenvalue weighted by Crippen LogP contribution is -2.08. The molecule has 1 N–H and O–H groups in total. The van der Waals surface area contributed by atoms with E-state index in [4.69, 9.17) is 9.47 Å². The van der Waals surface area contributed by atoms with E-state index in [2.05, 4.69) is 15.4 Å². The van der Waals surface area contributed by atoms with E-state index in [0.717, 1.165) is 12.8 Å². The average molecular weight is 333 g/mol. The van der Waals surface area contributed by atoms with Gasteiger partial charge >= 0.3 is 5.97 Å². The molecule has 6 nitrogen and oxygen atoms in total. The Labute approximate surface area is 139 Å². The van der Waals surface area contributed by atoms with E-state index in [0.29, 0.717) is 11.1 Å². The quantitative estimate of drug-likeness (QED) is 0.821. The predicted molar refractivity (Wildman–Crippen MR) is 84.8 cm³/mol. The lowest BCUT2D eigenvalue weighted by molar-refractivity contribution is 0.0441. The van der Waals surface area contributed by atoms with E-state index in [9.17, 15) is 9.18 Å². The Morgan fingerprint density at radius 3 is 2.83 bits per heavy atom. The van der Waals surface area contributed by atoms with Crippen LogP contribution in [0.3, 0.4) is 0 Å². The predicted octanol–water partition coefficient (Wildman–Crippen LogP) is 3.25. The van der Waals surface area contributed by atoms with Crippen LogP contribution in [-0.2, 0) is 16.1 Å². The van der Waals surface area contributed by atoms with E-state index in [1.54, 1.807) is 19.1 Å². The van der Waals surface area contributed by atoms with Gasteiger partial charge in [0.15, 0.2) is 5.69 Å². The number of hydrogen-bond acceptors (Lipinski definition) is 5. The number of nitrogens with one attached hydrogen (secondary N) is 1. The summed E-state index contributed by atoms with van der Waals surface area (Å²) in [5.74, 6) is -0.974. The van der Waals surface area contributed by atoms with Crippen molar-refractivity contribution in [2.75, 3.05) is 6.61 Å². The second-order valence-corrected chi connectivity index (χ2v) is 5.76. The summed E-state index contributed by atoms with van der Waals surface area (Å²) in [4.78, 5) is 11.8. The molecule has 2 aromatic rings. The number of rotatable bonds is 6. The molecule has 0 bridgehead atoms. The van der Waals surface area contributed by atoms with Gasteiger partial charge < -0.3 is 9.47 Å². The first kappa shape index (κ1) is 16.6. The van der Waals surface area contributed by atoms with Crippen molar-refractivity contribution < 1.29 is 18.7 Å². The molecule has 3 rings (SSSR count). The summed E-state index contributed by atoms with van der Waals surface area (Å²) in [6.07, 6.45) is 4.67. The molecule has 1 fully saturated rings. The van der Waals surface area contributed by atoms with Gasteiger partial charge in [-0.3, -0.25) is 0 Å². The van der Waals surface area contributed by atoms with Crippen LogP contribution in [0, 0.1) is 5.82 Å². The molecule has 0 atom stereocenters. The van der Waals surface area contributed by atoms with Gasteiger partial charge in [0.2, 0.25) is 0 Å². The number of aromatic amines is 1. The lowest BCUT2D eigenvalue weighted by atomic mass is 10.1.